The molecule has 0 atom stereocenters. The van der Waals surface area contributed by atoms with Gasteiger partial charge in [-0.25, -0.2) is 0 Å². The molecule has 0 amide bonds. The monoisotopic (exact) mass is 277 g/mol. The number of hydrogen-bond donors (Lipinski definition) is 1. The van der Waals surface area contributed by atoms with Crippen molar-refractivity contribution in [2.45, 2.75) is 20.0 Å². The van der Waals surface area contributed by atoms with Gasteiger partial charge in [-0.3, -0.25) is 4.68 Å². The van der Waals surface area contributed by atoms with E-state index < -0.39 is 0 Å². The molecule has 0 aliphatic rings. The summed E-state index contributed by atoms with van der Waals surface area (Å²) in [5, 5.41) is 7.79. The van der Waals surface area contributed by atoms with Gasteiger partial charge in [0.25, 0.3) is 0 Å². The minimum Gasteiger partial charge on any atom is -0.381 e. The van der Waals surface area contributed by atoms with Crippen LogP contribution in [0.15, 0.2) is 67.0 Å². The summed E-state index contributed by atoms with van der Waals surface area (Å²) in [4.78, 5) is 0. The van der Waals surface area contributed by atoms with E-state index >= 15 is 0 Å². The Kier molecular flexibility index (Phi) is 4.01. The fourth-order valence-corrected chi connectivity index (χ4v) is 2.30. The molecular formula is C18H19N3. The summed E-state index contributed by atoms with van der Waals surface area (Å²) in [5.74, 6) is 0. The van der Waals surface area contributed by atoms with Gasteiger partial charge < -0.3 is 5.32 Å². The second-order valence-electron chi connectivity index (χ2n) is 5.20. The maximum Gasteiger partial charge on any atom is 0.0679 e. The van der Waals surface area contributed by atoms with Crippen molar-refractivity contribution in [3.63, 3.8) is 0 Å². The predicted octanol–water partition coefficient (Wildman–Crippen LogP) is 3.85. The molecule has 3 rings (SSSR count). The van der Waals surface area contributed by atoms with Crippen LogP contribution in [0.4, 0.5) is 5.69 Å². The van der Waals surface area contributed by atoms with Crippen molar-refractivity contribution < 1.29 is 0 Å². The standard InChI is InChI=1S/C18H19N3/c1-15-7-9-16(10-8-15)13-19-18-6-3-2-5-17(18)14-21-12-4-11-20-21/h2-12,19H,13-14H2,1H3. The second kappa shape index (κ2) is 6.27. The van der Waals surface area contributed by atoms with Crippen LogP contribution >= 0.6 is 0 Å². The van der Waals surface area contributed by atoms with Crippen LogP contribution in [0.3, 0.4) is 0 Å². The number of rotatable bonds is 5. The molecule has 0 spiro atoms. The lowest BCUT2D eigenvalue weighted by Crippen LogP contribution is -2.06. The molecule has 106 valence electrons. The molecular weight excluding hydrogens is 258 g/mol. The number of anilines is 1. The van der Waals surface area contributed by atoms with E-state index in [1.807, 2.05) is 23.1 Å². The maximum absolute atomic E-state index is 4.27. The minimum absolute atomic E-state index is 0.782. The first-order valence-electron chi connectivity index (χ1n) is 7.16. The number of aromatic nitrogens is 2. The normalized spacial score (nSPS) is 10.5. The van der Waals surface area contributed by atoms with E-state index in [0.29, 0.717) is 0 Å². The number of nitrogens with one attached hydrogen (secondary N) is 1. The molecule has 0 bridgehead atoms. The Labute approximate surface area is 125 Å². The molecule has 0 saturated carbocycles. The molecule has 3 nitrogen and oxygen atoms in total. The molecule has 0 aliphatic carbocycles. The van der Waals surface area contributed by atoms with Crippen molar-refractivity contribution in [3.8, 4) is 0 Å². The van der Waals surface area contributed by atoms with Gasteiger partial charge in [0, 0.05) is 24.6 Å². The van der Waals surface area contributed by atoms with Gasteiger partial charge in [-0.2, -0.15) is 5.10 Å². The summed E-state index contributed by atoms with van der Waals surface area (Å²) in [6.07, 6.45) is 3.79. The van der Waals surface area contributed by atoms with Crippen molar-refractivity contribution in [3.05, 3.63) is 83.7 Å². The number of aryl methyl sites for hydroxylation is 1. The lowest BCUT2D eigenvalue weighted by atomic mass is 10.1. The Morgan fingerprint density at radius 2 is 1.81 bits per heavy atom. The van der Waals surface area contributed by atoms with Gasteiger partial charge in [0.2, 0.25) is 0 Å². The minimum atomic E-state index is 0.782. The van der Waals surface area contributed by atoms with Gasteiger partial charge in [0.05, 0.1) is 6.54 Å². The van der Waals surface area contributed by atoms with Crippen LogP contribution in [0.25, 0.3) is 0 Å². The SMILES string of the molecule is Cc1ccc(CNc2ccccc2Cn2cccn2)cc1. The van der Waals surface area contributed by atoms with Crippen LogP contribution in [-0.4, -0.2) is 9.78 Å². The van der Waals surface area contributed by atoms with Crippen molar-refractivity contribution in [2.24, 2.45) is 0 Å². The van der Waals surface area contributed by atoms with E-state index in [-0.39, 0.29) is 0 Å². The van der Waals surface area contributed by atoms with E-state index in [1.54, 1.807) is 0 Å². The topological polar surface area (TPSA) is 29.9 Å². The molecule has 21 heavy (non-hydrogen) atoms. The summed E-state index contributed by atoms with van der Waals surface area (Å²) in [7, 11) is 0. The third-order valence-corrected chi connectivity index (χ3v) is 3.51. The highest BCUT2D eigenvalue weighted by Crippen LogP contribution is 2.17. The highest BCUT2D eigenvalue weighted by Gasteiger charge is 2.02. The van der Waals surface area contributed by atoms with E-state index in [1.165, 1.54) is 16.7 Å². The molecule has 3 aromatic rings. The molecule has 0 fully saturated rings. The lowest BCUT2D eigenvalue weighted by Gasteiger charge is -2.12. The van der Waals surface area contributed by atoms with Crippen molar-refractivity contribution in [1.29, 1.82) is 0 Å². The highest BCUT2D eigenvalue weighted by atomic mass is 15.3. The quantitative estimate of drug-likeness (QED) is 0.767. The highest BCUT2D eigenvalue weighted by molar-refractivity contribution is 5.51. The first-order chi connectivity index (χ1) is 10.3. The largest absolute Gasteiger partial charge is 0.381 e. The van der Waals surface area contributed by atoms with Crippen LogP contribution in [0.1, 0.15) is 16.7 Å². The van der Waals surface area contributed by atoms with Gasteiger partial charge in [0.15, 0.2) is 0 Å². The van der Waals surface area contributed by atoms with Gasteiger partial charge in [-0.15, -0.1) is 0 Å². The van der Waals surface area contributed by atoms with Crippen molar-refractivity contribution in [2.75, 3.05) is 5.32 Å². The zero-order chi connectivity index (χ0) is 14.5. The van der Waals surface area contributed by atoms with E-state index in [0.717, 1.165) is 18.8 Å². The Balaban J connectivity index is 1.71. The summed E-state index contributed by atoms with van der Waals surface area (Å²) >= 11 is 0. The Morgan fingerprint density at radius 3 is 2.57 bits per heavy atom. The van der Waals surface area contributed by atoms with Gasteiger partial charge in [-0.1, -0.05) is 48.0 Å². The fraction of sp³-hybridized carbons (Fsp3) is 0.167. The Bertz CT molecular complexity index is 685. The summed E-state index contributed by atoms with van der Waals surface area (Å²) in [6, 6.07) is 18.9. The molecule has 0 radical (unpaired) electrons. The van der Waals surface area contributed by atoms with Gasteiger partial charge in [-0.05, 0) is 30.2 Å². The molecule has 0 unspecified atom stereocenters. The van der Waals surface area contributed by atoms with Crippen LogP contribution < -0.4 is 5.32 Å². The summed E-state index contributed by atoms with van der Waals surface area (Å²) < 4.78 is 1.94. The summed E-state index contributed by atoms with van der Waals surface area (Å²) in [6.45, 7) is 3.72. The molecule has 1 N–H and O–H groups in total. The molecule has 2 aromatic carbocycles. The van der Waals surface area contributed by atoms with Crippen LogP contribution in [0, 0.1) is 6.92 Å². The Morgan fingerprint density at radius 1 is 1.00 bits per heavy atom. The first kappa shape index (κ1) is 13.4. The van der Waals surface area contributed by atoms with E-state index in [4.69, 9.17) is 0 Å². The lowest BCUT2D eigenvalue weighted by molar-refractivity contribution is 0.687. The average Bonchev–Trinajstić information content (AvgIpc) is 3.01. The number of hydrogen-bond acceptors (Lipinski definition) is 2. The third-order valence-electron chi connectivity index (χ3n) is 3.51. The Hall–Kier alpha value is -2.55. The van der Waals surface area contributed by atoms with E-state index in [2.05, 4.69) is 65.9 Å². The van der Waals surface area contributed by atoms with Crippen LogP contribution in [0.5, 0.6) is 0 Å². The molecule has 1 heterocycles. The molecule has 1 aromatic heterocycles. The number of para-hydroxylation sites is 1. The van der Waals surface area contributed by atoms with Crippen molar-refractivity contribution in [1.82, 2.24) is 9.78 Å². The fourth-order valence-electron chi connectivity index (χ4n) is 2.30. The van der Waals surface area contributed by atoms with Gasteiger partial charge >= 0.3 is 0 Å². The van der Waals surface area contributed by atoms with Gasteiger partial charge in [0.1, 0.15) is 0 Å². The zero-order valence-electron chi connectivity index (χ0n) is 12.2. The molecule has 0 saturated heterocycles. The van der Waals surface area contributed by atoms with Crippen LogP contribution in [-0.2, 0) is 13.1 Å². The smallest absolute Gasteiger partial charge is 0.0679 e. The summed E-state index contributed by atoms with van der Waals surface area (Å²) in [5.41, 5.74) is 4.98. The zero-order valence-corrected chi connectivity index (χ0v) is 12.2. The average molecular weight is 277 g/mol. The van der Waals surface area contributed by atoms with E-state index in [9.17, 15) is 0 Å². The van der Waals surface area contributed by atoms with Crippen LogP contribution in [0.2, 0.25) is 0 Å². The first-order valence-corrected chi connectivity index (χ1v) is 7.16. The molecule has 0 aliphatic heterocycles. The maximum atomic E-state index is 4.27. The third kappa shape index (κ3) is 3.51. The van der Waals surface area contributed by atoms with Crippen molar-refractivity contribution >= 4 is 5.69 Å². The predicted molar refractivity (Wildman–Crippen MR) is 86.3 cm³/mol. The molecule has 3 heteroatoms. The number of benzene rings is 2. The second-order valence-corrected chi connectivity index (χ2v) is 5.20. The number of nitrogens with zero attached hydrogens (tertiary/aromatic N) is 2.